The number of rotatable bonds is 6. The van der Waals surface area contributed by atoms with Crippen LogP contribution in [0.4, 0.5) is 0 Å². The van der Waals surface area contributed by atoms with Gasteiger partial charge in [-0.1, -0.05) is 18.7 Å². The summed E-state index contributed by atoms with van der Waals surface area (Å²) in [6.45, 7) is 3.34. The highest BCUT2D eigenvalue weighted by Gasteiger charge is 2.15. The molecule has 0 radical (unpaired) electrons. The Morgan fingerprint density at radius 2 is 2.10 bits per heavy atom. The van der Waals surface area contributed by atoms with Crippen LogP contribution in [0.25, 0.3) is 0 Å². The number of nitrogens with zero attached hydrogens (tertiary/aromatic N) is 6. The first-order chi connectivity index (χ1) is 10.2. The molecule has 0 bridgehead atoms. The zero-order valence-corrected chi connectivity index (χ0v) is 13.2. The molecule has 0 N–H and O–H groups in total. The molecule has 0 aliphatic rings. The van der Waals surface area contributed by atoms with Gasteiger partial charge < -0.3 is 9.47 Å². The zero-order valence-electron chi connectivity index (χ0n) is 12.4. The van der Waals surface area contributed by atoms with Crippen molar-refractivity contribution in [1.82, 2.24) is 29.6 Å². The summed E-state index contributed by atoms with van der Waals surface area (Å²) in [6.07, 6.45) is 7.67. The van der Waals surface area contributed by atoms with E-state index in [9.17, 15) is 4.79 Å². The van der Waals surface area contributed by atoms with Crippen molar-refractivity contribution in [3.8, 4) is 0 Å². The van der Waals surface area contributed by atoms with Crippen molar-refractivity contribution in [2.45, 2.75) is 31.6 Å². The molecule has 2 aromatic heterocycles. The van der Waals surface area contributed by atoms with Gasteiger partial charge in [0.1, 0.15) is 6.33 Å². The van der Waals surface area contributed by atoms with Crippen LogP contribution in [0.15, 0.2) is 23.9 Å². The molecule has 0 saturated carbocycles. The summed E-state index contributed by atoms with van der Waals surface area (Å²) in [5.74, 6) is 0.642. The van der Waals surface area contributed by atoms with E-state index in [1.54, 1.807) is 30.7 Å². The van der Waals surface area contributed by atoms with E-state index >= 15 is 0 Å². The average Bonchev–Trinajstić information content (AvgIpc) is 2.94. The molecule has 0 fully saturated rings. The van der Waals surface area contributed by atoms with Gasteiger partial charge in [0.2, 0.25) is 0 Å². The van der Waals surface area contributed by atoms with Crippen LogP contribution in [-0.2, 0) is 13.1 Å². The molecule has 0 aliphatic carbocycles. The van der Waals surface area contributed by atoms with Crippen molar-refractivity contribution in [2.75, 3.05) is 13.3 Å². The van der Waals surface area contributed by atoms with Crippen molar-refractivity contribution in [2.24, 2.45) is 0 Å². The Hall–Kier alpha value is -1.96. The van der Waals surface area contributed by atoms with E-state index in [-0.39, 0.29) is 5.91 Å². The van der Waals surface area contributed by atoms with Crippen molar-refractivity contribution >= 4 is 17.7 Å². The van der Waals surface area contributed by atoms with Crippen LogP contribution in [0.1, 0.15) is 29.5 Å². The van der Waals surface area contributed by atoms with Gasteiger partial charge in [-0.2, -0.15) is 0 Å². The number of carbonyl (C=O) groups excluding carboxylic acids is 1. The monoisotopic (exact) mass is 306 g/mol. The van der Waals surface area contributed by atoms with E-state index in [4.69, 9.17) is 0 Å². The van der Waals surface area contributed by atoms with Gasteiger partial charge in [-0.3, -0.25) is 4.79 Å². The third kappa shape index (κ3) is 3.78. The second-order valence-electron chi connectivity index (χ2n) is 4.56. The van der Waals surface area contributed by atoms with E-state index in [1.165, 1.54) is 11.8 Å². The van der Waals surface area contributed by atoms with E-state index in [1.807, 2.05) is 10.8 Å². The Labute approximate surface area is 127 Å². The number of amides is 1. The van der Waals surface area contributed by atoms with Crippen molar-refractivity contribution in [3.63, 3.8) is 0 Å². The van der Waals surface area contributed by atoms with E-state index < -0.39 is 0 Å². The Bertz CT molecular complexity index is 597. The lowest BCUT2D eigenvalue weighted by atomic mass is 10.3. The number of hydrogen-bond acceptors (Lipinski definition) is 6. The van der Waals surface area contributed by atoms with Crippen molar-refractivity contribution in [1.29, 1.82) is 0 Å². The topological polar surface area (TPSA) is 76.8 Å². The first kappa shape index (κ1) is 15.4. The SMILES string of the molecule is CCCn1cnnc1CN(C)C(=O)c1cnc(SC)nc1. The van der Waals surface area contributed by atoms with Crippen LogP contribution in [-0.4, -0.2) is 48.8 Å². The Balaban J connectivity index is 2.06. The predicted octanol–water partition coefficient (Wildman–Crippen LogP) is 1.47. The van der Waals surface area contributed by atoms with Gasteiger partial charge >= 0.3 is 0 Å². The predicted molar refractivity (Wildman–Crippen MR) is 79.9 cm³/mol. The summed E-state index contributed by atoms with van der Waals surface area (Å²) in [5.41, 5.74) is 0.469. The second kappa shape index (κ2) is 7.16. The van der Waals surface area contributed by atoms with Crippen LogP contribution < -0.4 is 0 Å². The minimum absolute atomic E-state index is 0.131. The van der Waals surface area contributed by atoms with E-state index in [0.29, 0.717) is 17.3 Å². The molecule has 0 spiro atoms. The maximum absolute atomic E-state index is 12.3. The summed E-state index contributed by atoms with van der Waals surface area (Å²) >= 11 is 1.44. The van der Waals surface area contributed by atoms with Gasteiger partial charge in [0.05, 0.1) is 12.1 Å². The third-order valence-corrected chi connectivity index (χ3v) is 3.52. The van der Waals surface area contributed by atoms with Crippen LogP contribution in [0.2, 0.25) is 0 Å². The molecule has 2 rings (SSSR count). The Morgan fingerprint density at radius 3 is 2.71 bits per heavy atom. The average molecular weight is 306 g/mol. The van der Waals surface area contributed by atoms with Gasteiger partial charge in [0, 0.05) is 26.0 Å². The van der Waals surface area contributed by atoms with Crippen molar-refractivity contribution in [3.05, 3.63) is 30.1 Å². The van der Waals surface area contributed by atoms with Crippen LogP contribution in [0.3, 0.4) is 0 Å². The second-order valence-corrected chi connectivity index (χ2v) is 5.33. The molecule has 0 aliphatic heterocycles. The zero-order chi connectivity index (χ0) is 15.2. The summed E-state index contributed by atoms with van der Waals surface area (Å²) < 4.78 is 1.96. The van der Waals surface area contributed by atoms with Gasteiger partial charge in [0.25, 0.3) is 5.91 Å². The van der Waals surface area contributed by atoms with Crippen molar-refractivity contribution < 1.29 is 4.79 Å². The van der Waals surface area contributed by atoms with E-state index in [2.05, 4.69) is 27.1 Å². The quantitative estimate of drug-likeness (QED) is 0.594. The fourth-order valence-electron chi connectivity index (χ4n) is 1.87. The minimum atomic E-state index is -0.131. The number of carbonyl (C=O) groups is 1. The highest BCUT2D eigenvalue weighted by atomic mass is 32.2. The molecular weight excluding hydrogens is 288 g/mol. The molecule has 2 heterocycles. The van der Waals surface area contributed by atoms with E-state index in [0.717, 1.165) is 18.8 Å². The first-order valence-electron chi connectivity index (χ1n) is 6.64. The molecule has 0 aromatic carbocycles. The number of aromatic nitrogens is 5. The Kier molecular flexibility index (Phi) is 5.26. The molecule has 1 amide bonds. The summed E-state index contributed by atoms with van der Waals surface area (Å²) in [7, 11) is 1.73. The molecule has 0 unspecified atom stereocenters. The molecule has 112 valence electrons. The smallest absolute Gasteiger partial charge is 0.257 e. The van der Waals surface area contributed by atoms with Crippen LogP contribution in [0.5, 0.6) is 0 Å². The standard InChI is InChI=1S/C13H18N6OS/c1-4-5-19-9-16-17-11(19)8-18(2)12(20)10-6-14-13(21-3)15-7-10/h6-7,9H,4-5,8H2,1-3H3. The lowest BCUT2D eigenvalue weighted by Gasteiger charge is -2.16. The lowest BCUT2D eigenvalue weighted by molar-refractivity contribution is 0.0779. The lowest BCUT2D eigenvalue weighted by Crippen LogP contribution is -2.28. The summed E-state index contributed by atoms with van der Waals surface area (Å²) in [4.78, 5) is 22.1. The minimum Gasteiger partial charge on any atom is -0.334 e. The highest BCUT2D eigenvalue weighted by Crippen LogP contribution is 2.10. The highest BCUT2D eigenvalue weighted by molar-refractivity contribution is 7.98. The normalized spacial score (nSPS) is 10.6. The summed E-state index contributed by atoms with van der Waals surface area (Å²) in [5, 5.41) is 8.61. The molecule has 21 heavy (non-hydrogen) atoms. The largest absolute Gasteiger partial charge is 0.334 e. The molecule has 2 aromatic rings. The molecule has 0 atom stereocenters. The molecule has 7 nitrogen and oxygen atoms in total. The van der Waals surface area contributed by atoms with Crippen LogP contribution >= 0.6 is 11.8 Å². The van der Waals surface area contributed by atoms with Gasteiger partial charge in [0.15, 0.2) is 11.0 Å². The molecular formula is C13H18N6OS. The number of aryl methyl sites for hydroxylation is 1. The fourth-order valence-corrected chi connectivity index (χ4v) is 2.18. The van der Waals surface area contributed by atoms with Gasteiger partial charge in [-0.25, -0.2) is 9.97 Å². The number of hydrogen-bond donors (Lipinski definition) is 0. The summed E-state index contributed by atoms with van der Waals surface area (Å²) in [6, 6.07) is 0. The van der Waals surface area contributed by atoms with Gasteiger partial charge in [-0.05, 0) is 12.7 Å². The Morgan fingerprint density at radius 1 is 1.38 bits per heavy atom. The van der Waals surface area contributed by atoms with Gasteiger partial charge in [-0.15, -0.1) is 10.2 Å². The van der Waals surface area contributed by atoms with Crippen LogP contribution in [0, 0.1) is 0 Å². The molecule has 8 heteroatoms. The third-order valence-electron chi connectivity index (χ3n) is 2.94. The fraction of sp³-hybridized carbons (Fsp3) is 0.462. The number of thioether (sulfide) groups is 1. The molecule has 0 saturated heterocycles. The first-order valence-corrected chi connectivity index (χ1v) is 7.86. The maximum Gasteiger partial charge on any atom is 0.257 e. The maximum atomic E-state index is 12.3.